The Morgan fingerprint density at radius 3 is 2.69 bits per heavy atom. The maximum Gasteiger partial charge on any atom is 0.278 e. The summed E-state index contributed by atoms with van der Waals surface area (Å²) >= 11 is 0. The van der Waals surface area contributed by atoms with Crippen LogP contribution < -0.4 is 21.7 Å². The van der Waals surface area contributed by atoms with E-state index in [2.05, 4.69) is 25.2 Å². The maximum atomic E-state index is 14.3. The number of fused-ring (bicyclic) bond motifs is 1. The van der Waals surface area contributed by atoms with Crippen molar-refractivity contribution < 1.29 is 18.7 Å². The summed E-state index contributed by atoms with van der Waals surface area (Å²) in [6, 6.07) is 3.40. The highest BCUT2D eigenvalue weighted by Crippen LogP contribution is 2.41. The summed E-state index contributed by atoms with van der Waals surface area (Å²) in [5.74, 6) is -2.55. The van der Waals surface area contributed by atoms with Crippen LogP contribution in [0.5, 0.6) is 0 Å². The Balaban J connectivity index is 1.52. The second-order valence-electron chi connectivity index (χ2n) is 8.83. The van der Waals surface area contributed by atoms with Crippen molar-refractivity contribution in [3.8, 4) is 11.3 Å². The van der Waals surface area contributed by atoms with Crippen molar-refractivity contribution >= 4 is 23.1 Å². The van der Waals surface area contributed by atoms with Crippen LogP contribution in [-0.4, -0.2) is 45.1 Å². The molecule has 0 saturated carbocycles. The number of piperidine rings is 1. The lowest BCUT2D eigenvalue weighted by Gasteiger charge is -2.35. The molecule has 5 rings (SSSR count). The van der Waals surface area contributed by atoms with Crippen LogP contribution in [0.1, 0.15) is 47.1 Å². The van der Waals surface area contributed by atoms with Crippen LogP contribution in [0.25, 0.3) is 11.3 Å². The molecule has 182 valence electrons. The number of aromatic nitrogens is 3. The molecule has 11 heteroatoms. The maximum absolute atomic E-state index is 14.3. The number of hydrogen-bond acceptors (Lipinski definition) is 8. The molecule has 1 saturated heterocycles. The zero-order chi connectivity index (χ0) is 24.7. The van der Waals surface area contributed by atoms with Crippen LogP contribution in [0.2, 0.25) is 0 Å². The Labute approximate surface area is 200 Å². The van der Waals surface area contributed by atoms with Crippen molar-refractivity contribution in [2.45, 2.75) is 37.8 Å². The molecule has 0 bridgehead atoms. The number of amides is 1. The number of pyridine rings is 1. The summed E-state index contributed by atoms with van der Waals surface area (Å²) in [5.41, 5.74) is 13.9. The molecular formula is C24H25F2N7O2. The fourth-order valence-electron chi connectivity index (χ4n) is 4.78. The molecule has 1 aromatic carbocycles. The van der Waals surface area contributed by atoms with Crippen molar-refractivity contribution in [1.82, 2.24) is 15.0 Å². The molecule has 35 heavy (non-hydrogen) atoms. The zero-order valence-corrected chi connectivity index (χ0v) is 18.8. The van der Waals surface area contributed by atoms with Crippen molar-refractivity contribution in [3.63, 3.8) is 0 Å². The highest BCUT2D eigenvalue weighted by atomic mass is 19.1. The number of nitrogens with two attached hydrogens (primary N) is 2. The number of benzene rings is 1. The van der Waals surface area contributed by atoms with Gasteiger partial charge >= 0.3 is 0 Å². The van der Waals surface area contributed by atoms with Crippen LogP contribution in [0, 0.1) is 11.6 Å². The average Bonchev–Trinajstić information content (AvgIpc) is 3.20. The first kappa shape index (κ1) is 23.1. The van der Waals surface area contributed by atoms with Crippen LogP contribution in [0.15, 0.2) is 30.6 Å². The number of aliphatic hydroxyl groups is 1. The third-order valence-corrected chi connectivity index (χ3v) is 6.42. The highest BCUT2D eigenvalue weighted by molar-refractivity contribution is 6.07. The Hall–Kier alpha value is -3.70. The normalized spacial score (nSPS) is 19.5. The zero-order valence-electron chi connectivity index (χ0n) is 18.8. The first-order valence-corrected chi connectivity index (χ1v) is 11.4. The van der Waals surface area contributed by atoms with Crippen molar-refractivity contribution in [1.29, 1.82) is 0 Å². The molecular weight excluding hydrogens is 456 g/mol. The number of rotatable bonds is 4. The smallest absolute Gasteiger partial charge is 0.278 e. The van der Waals surface area contributed by atoms with Gasteiger partial charge in [-0.1, -0.05) is 6.07 Å². The van der Waals surface area contributed by atoms with Gasteiger partial charge in [0.15, 0.2) is 11.5 Å². The molecule has 1 fully saturated rings. The Bertz CT molecular complexity index is 1280. The van der Waals surface area contributed by atoms with Gasteiger partial charge < -0.3 is 26.8 Å². The standard InChI is InChI=1S/C24H25F2N7O2/c25-14-4-1-5-15(26)19(14)16-9-30-23(28)21(31-16)24(35)32-17-10-29-20-13(6-7-18(20)34)22(17)33-8-2-3-12(27)11-33/h1,4-5,9-10,12,18,34H,2-3,6-8,11,27H2,(H2,28,30)(H,32,35)/t12-,18-/m0/s1. The van der Waals surface area contributed by atoms with Gasteiger partial charge in [-0.2, -0.15) is 0 Å². The summed E-state index contributed by atoms with van der Waals surface area (Å²) in [4.78, 5) is 27.8. The first-order valence-electron chi connectivity index (χ1n) is 11.4. The number of carbonyl (C=O) groups is 1. The van der Waals surface area contributed by atoms with Gasteiger partial charge in [-0.3, -0.25) is 9.78 Å². The van der Waals surface area contributed by atoms with E-state index in [9.17, 15) is 18.7 Å². The quantitative estimate of drug-likeness (QED) is 0.445. The van der Waals surface area contributed by atoms with E-state index < -0.39 is 29.2 Å². The van der Waals surface area contributed by atoms with Crippen LogP contribution in [0.4, 0.5) is 26.0 Å². The molecule has 3 heterocycles. The molecule has 1 aliphatic carbocycles. The SMILES string of the molecule is Nc1ncc(-c2c(F)cccc2F)nc1C(=O)Nc1cnc2c(c1N1CCC[C@H](N)C1)CC[C@@H]2O. The van der Waals surface area contributed by atoms with Gasteiger partial charge in [0.25, 0.3) is 5.91 Å². The van der Waals surface area contributed by atoms with E-state index in [0.29, 0.717) is 30.8 Å². The Morgan fingerprint density at radius 1 is 1.17 bits per heavy atom. The molecule has 0 unspecified atom stereocenters. The second-order valence-corrected chi connectivity index (χ2v) is 8.83. The van der Waals surface area contributed by atoms with Gasteiger partial charge in [-0.15, -0.1) is 0 Å². The molecule has 0 spiro atoms. The summed E-state index contributed by atoms with van der Waals surface area (Å²) in [6.07, 6.45) is 4.89. The van der Waals surface area contributed by atoms with E-state index in [1.807, 2.05) is 0 Å². The number of aliphatic hydroxyl groups excluding tert-OH is 1. The lowest BCUT2D eigenvalue weighted by molar-refractivity contribution is 0.102. The third-order valence-electron chi connectivity index (χ3n) is 6.42. The van der Waals surface area contributed by atoms with E-state index in [-0.39, 0.29) is 23.2 Å². The monoisotopic (exact) mass is 481 g/mol. The molecule has 2 aliphatic rings. The van der Waals surface area contributed by atoms with Crippen LogP contribution in [-0.2, 0) is 6.42 Å². The first-order chi connectivity index (χ1) is 16.8. The summed E-state index contributed by atoms with van der Waals surface area (Å²) in [7, 11) is 0. The van der Waals surface area contributed by atoms with Gasteiger partial charge in [-0.05, 0) is 37.8 Å². The minimum absolute atomic E-state index is 0.0173. The molecule has 2 atom stereocenters. The van der Waals surface area contributed by atoms with Gasteiger partial charge in [0.05, 0.1) is 46.8 Å². The average molecular weight is 482 g/mol. The molecule has 0 radical (unpaired) electrons. The van der Waals surface area contributed by atoms with E-state index in [4.69, 9.17) is 11.5 Å². The van der Waals surface area contributed by atoms with E-state index >= 15 is 0 Å². The summed E-state index contributed by atoms with van der Waals surface area (Å²) < 4.78 is 28.6. The number of nitrogens with one attached hydrogen (secondary N) is 1. The molecule has 6 N–H and O–H groups in total. The van der Waals surface area contributed by atoms with Gasteiger partial charge in [0, 0.05) is 24.7 Å². The van der Waals surface area contributed by atoms with Crippen LogP contribution >= 0.6 is 0 Å². The van der Waals surface area contributed by atoms with Gasteiger partial charge in [-0.25, -0.2) is 18.7 Å². The van der Waals surface area contributed by atoms with E-state index in [1.54, 1.807) is 0 Å². The fraction of sp³-hybridized carbons (Fsp3) is 0.333. The minimum Gasteiger partial charge on any atom is -0.387 e. The molecule has 1 aliphatic heterocycles. The second kappa shape index (κ2) is 9.16. The fourth-order valence-corrected chi connectivity index (χ4v) is 4.78. The van der Waals surface area contributed by atoms with E-state index in [1.165, 1.54) is 12.3 Å². The summed E-state index contributed by atoms with van der Waals surface area (Å²) in [5, 5.41) is 13.1. The number of hydrogen-bond donors (Lipinski definition) is 4. The predicted molar refractivity (Wildman–Crippen MR) is 127 cm³/mol. The predicted octanol–water partition coefficient (Wildman–Crippen LogP) is 2.56. The third kappa shape index (κ3) is 4.28. The number of nitrogen functional groups attached to an aromatic ring is 1. The van der Waals surface area contributed by atoms with Crippen molar-refractivity contribution in [2.75, 3.05) is 29.0 Å². The largest absolute Gasteiger partial charge is 0.387 e. The summed E-state index contributed by atoms with van der Waals surface area (Å²) in [6.45, 7) is 1.34. The Kier molecular flexibility index (Phi) is 6.03. The van der Waals surface area contributed by atoms with E-state index in [0.717, 1.165) is 49.0 Å². The van der Waals surface area contributed by atoms with Gasteiger partial charge in [0.2, 0.25) is 0 Å². The number of carbonyl (C=O) groups excluding carboxylic acids is 1. The topological polar surface area (TPSA) is 143 Å². The number of nitrogens with zero attached hydrogens (tertiary/aromatic N) is 4. The Morgan fingerprint density at radius 2 is 1.94 bits per heavy atom. The molecule has 2 aromatic heterocycles. The van der Waals surface area contributed by atoms with Crippen LogP contribution in [0.3, 0.4) is 0 Å². The lowest BCUT2D eigenvalue weighted by Crippen LogP contribution is -2.43. The van der Waals surface area contributed by atoms with Crippen molar-refractivity contribution in [3.05, 3.63) is 59.2 Å². The number of anilines is 3. The molecule has 3 aromatic rings. The van der Waals surface area contributed by atoms with Crippen molar-refractivity contribution in [2.24, 2.45) is 5.73 Å². The number of halogens is 2. The van der Waals surface area contributed by atoms with Gasteiger partial charge in [0.1, 0.15) is 11.6 Å². The lowest BCUT2D eigenvalue weighted by atomic mass is 10.0. The molecule has 1 amide bonds. The highest BCUT2D eigenvalue weighted by Gasteiger charge is 2.31. The molecule has 9 nitrogen and oxygen atoms in total. The minimum atomic E-state index is -0.833.